The van der Waals surface area contributed by atoms with E-state index in [1.165, 1.54) is 11.0 Å². The summed E-state index contributed by atoms with van der Waals surface area (Å²) in [6, 6.07) is 11.2. The van der Waals surface area contributed by atoms with E-state index in [1.807, 2.05) is 30.3 Å². The molecule has 0 saturated carbocycles. The summed E-state index contributed by atoms with van der Waals surface area (Å²) in [5.74, 6) is 0.240. The fraction of sp³-hybridized carbons (Fsp3) is 0.231. The molecule has 5 heteroatoms. The number of benzene rings is 1. The van der Waals surface area contributed by atoms with Crippen molar-refractivity contribution >= 4 is 5.91 Å². The van der Waals surface area contributed by atoms with Crippen molar-refractivity contribution in [1.29, 1.82) is 0 Å². The van der Waals surface area contributed by atoms with Crippen LogP contribution < -0.4 is 4.74 Å². The molecule has 1 heterocycles. The normalized spacial score (nSPS) is 10.1. The molecule has 0 aliphatic carbocycles. The van der Waals surface area contributed by atoms with Crippen LogP contribution in [-0.2, 0) is 6.61 Å². The number of rotatable bonds is 4. The van der Waals surface area contributed by atoms with Gasteiger partial charge in [-0.1, -0.05) is 30.3 Å². The predicted molar refractivity (Wildman–Crippen MR) is 65.3 cm³/mol. The highest BCUT2D eigenvalue weighted by Gasteiger charge is 2.15. The van der Waals surface area contributed by atoms with Crippen molar-refractivity contribution in [2.24, 2.45) is 0 Å². The topological polar surface area (TPSA) is 55.6 Å². The Hall–Kier alpha value is -2.30. The van der Waals surface area contributed by atoms with Crippen molar-refractivity contribution in [3.63, 3.8) is 0 Å². The van der Waals surface area contributed by atoms with Gasteiger partial charge in [0.25, 0.3) is 11.8 Å². The lowest BCUT2D eigenvalue weighted by Crippen LogP contribution is -2.20. The Labute approximate surface area is 105 Å². The van der Waals surface area contributed by atoms with E-state index in [4.69, 9.17) is 9.26 Å². The highest BCUT2D eigenvalue weighted by molar-refractivity contribution is 5.91. The second kappa shape index (κ2) is 5.35. The largest absolute Gasteiger partial charge is 0.471 e. The van der Waals surface area contributed by atoms with Crippen molar-refractivity contribution in [2.75, 3.05) is 14.1 Å². The summed E-state index contributed by atoms with van der Waals surface area (Å²) in [5, 5.41) is 3.69. The average molecular weight is 246 g/mol. The molecule has 2 rings (SSSR count). The molecule has 1 aromatic heterocycles. The first-order chi connectivity index (χ1) is 8.66. The maximum atomic E-state index is 11.6. The summed E-state index contributed by atoms with van der Waals surface area (Å²) in [5.41, 5.74) is 1.03. The van der Waals surface area contributed by atoms with E-state index in [0.29, 0.717) is 12.5 Å². The monoisotopic (exact) mass is 246 g/mol. The zero-order valence-electron chi connectivity index (χ0n) is 10.3. The van der Waals surface area contributed by atoms with Crippen LogP contribution in [-0.4, -0.2) is 30.1 Å². The summed E-state index contributed by atoms with van der Waals surface area (Å²) in [6.45, 7) is 0.392. The maximum absolute atomic E-state index is 11.6. The first-order valence-electron chi connectivity index (χ1n) is 5.52. The van der Waals surface area contributed by atoms with E-state index in [9.17, 15) is 4.79 Å². The van der Waals surface area contributed by atoms with Gasteiger partial charge in [-0.3, -0.25) is 4.79 Å². The summed E-state index contributed by atoms with van der Waals surface area (Å²) in [4.78, 5) is 13.0. The maximum Gasteiger partial charge on any atom is 0.292 e. The summed E-state index contributed by atoms with van der Waals surface area (Å²) < 4.78 is 10.3. The number of carbonyl (C=O) groups is 1. The highest BCUT2D eigenvalue weighted by Crippen LogP contribution is 2.14. The fourth-order valence-electron chi connectivity index (χ4n) is 1.38. The van der Waals surface area contributed by atoms with Crippen LogP contribution in [0.15, 0.2) is 40.9 Å². The van der Waals surface area contributed by atoms with Gasteiger partial charge < -0.3 is 14.2 Å². The van der Waals surface area contributed by atoms with Gasteiger partial charge in [0.15, 0.2) is 0 Å². The molecule has 0 aliphatic heterocycles. The second-order valence-corrected chi connectivity index (χ2v) is 4.00. The molecule has 18 heavy (non-hydrogen) atoms. The third-order valence-electron chi connectivity index (χ3n) is 2.34. The number of carbonyl (C=O) groups excluding carboxylic acids is 1. The molecule has 0 atom stereocenters. The fourth-order valence-corrected chi connectivity index (χ4v) is 1.38. The van der Waals surface area contributed by atoms with Crippen LogP contribution in [0.4, 0.5) is 0 Å². The predicted octanol–water partition coefficient (Wildman–Crippen LogP) is 1.96. The lowest BCUT2D eigenvalue weighted by molar-refractivity contribution is 0.0786. The van der Waals surface area contributed by atoms with Crippen molar-refractivity contribution < 1.29 is 14.1 Å². The molecule has 0 fully saturated rings. The Kier molecular flexibility index (Phi) is 3.62. The molecule has 0 saturated heterocycles. The molecular weight excluding hydrogens is 232 g/mol. The average Bonchev–Trinajstić information content (AvgIpc) is 2.85. The zero-order chi connectivity index (χ0) is 13.0. The van der Waals surface area contributed by atoms with E-state index < -0.39 is 0 Å². The highest BCUT2D eigenvalue weighted by atomic mass is 16.5. The van der Waals surface area contributed by atoms with Crippen molar-refractivity contribution in [3.8, 4) is 5.88 Å². The van der Waals surface area contributed by atoms with Gasteiger partial charge in [0, 0.05) is 14.1 Å². The van der Waals surface area contributed by atoms with Gasteiger partial charge in [0.2, 0.25) is 5.76 Å². The van der Waals surface area contributed by atoms with Crippen LogP contribution in [0.2, 0.25) is 0 Å². The smallest absolute Gasteiger partial charge is 0.292 e. The van der Waals surface area contributed by atoms with E-state index in [2.05, 4.69) is 5.16 Å². The quantitative estimate of drug-likeness (QED) is 0.827. The number of hydrogen-bond donors (Lipinski definition) is 0. The molecule has 0 spiro atoms. The number of amides is 1. The Morgan fingerprint density at radius 1 is 1.33 bits per heavy atom. The molecule has 2 aromatic rings. The Balaban J connectivity index is 1.97. The van der Waals surface area contributed by atoms with Gasteiger partial charge in [-0.2, -0.15) is 0 Å². The van der Waals surface area contributed by atoms with E-state index in [0.717, 1.165) is 5.56 Å². The Morgan fingerprint density at radius 2 is 2.06 bits per heavy atom. The minimum atomic E-state index is -0.239. The van der Waals surface area contributed by atoms with Gasteiger partial charge >= 0.3 is 0 Å². The molecule has 0 N–H and O–H groups in total. The van der Waals surface area contributed by atoms with Gasteiger partial charge in [-0.15, -0.1) is 0 Å². The second-order valence-electron chi connectivity index (χ2n) is 4.00. The zero-order valence-corrected chi connectivity index (χ0v) is 10.3. The van der Waals surface area contributed by atoms with Gasteiger partial charge in [0.1, 0.15) is 6.61 Å². The molecule has 5 nitrogen and oxygen atoms in total. The number of ether oxygens (including phenoxy) is 1. The standard InChI is InChI=1S/C13H14N2O3/c1-15(2)13(16)11-8-12(14-18-11)17-9-10-6-4-3-5-7-10/h3-8H,9H2,1-2H3. The third kappa shape index (κ3) is 2.88. The van der Waals surface area contributed by atoms with Gasteiger partial charge in [-0.05, 0) is 10.7 Å². The Bertz CT molecular complexity index is 520. The van der Waals surface area contributed by atoms with Crippen LogP contribution >= 0.6 is 0 Å². The first-order valence-corrected chi connectivity index (χ1v) is 5.52. The first kappa shape index (κ1) is 12.2. The van der Waals surface area contributed by atoms with Crippen LogP contribution in [0.3, 0.4) is 0 Å². The summed E-state index contributed by atoms with van der Waals surface area (Å²) in [7, 11) is 3.30. The number of nitrogens with zero attached hydrogens (tertiary/aromatic N) is 2. The molecule has 0 unspecified atom stereocenters. The summed E-state index contributed by atoms with van der Waals surface area (Å²) >= 11 is 0. The van der Waals surface area contributed by atoms with Crippen molar-refractivity contribution in [1.82, 2.24) is 10.1 Å². The van der Waals surface area contributed by atoms with Gasteiger partial charge in [0.05, 0.1) is 6.07 Å². The molecule has 0 radical (unpaired) electrons. The minimum Gasteiger partial charge on any atom is -0.471 e. The van der Waals surface area contributed by atoms with E-state index in [1.54, 1.807) is 14.1 Å². The van der Waals surface area contributed by atoms with Crippen molar-refractivity contribution in [2.45, 2.75) is 6.61 Å². The lowest BCUT2D eigenvalue weighted by atomic mass is 10.2. The van der Waals surface area contributed by atoms with Crippen LogP contribution in [0.1, 0.15) is 16.1 Å². The molecule has 1 amide bonds. The van der Waals surface area contributed by atoms with Crippen LogP contribution in [0.5, 0.6) is 5.88 Å². The molecule has 0 aliphatic rings. The number of aromatic nitrogens is 1. The minimum absolute atomic E-state index is 0.170. The van der Waals surface area contributed by atoms with Crippen LogP contribution in [0, 0.1) is 0 Å². The summed E-state index contributed by atoms with van der Waals surface area (Å²) in [6.07, 6.45) is 0. The Morgan fingerprint density at radius 3 is 2.72 bits per heavy atom. The molecule has 1 aromatic carbocycles. The molecule has 0 bridgehead atoms. The number of hydrogen-bond acceptors (Lipinski definition) is 4. The lowest BCUT2D eigenvalue weighted by Gasteiger charge is -2.05. The third-order valence-corrected chi connectivity index (χ3v) is 2.34. The van der Waals surface area contributed by atoms with Crippen LogP contribution in [0.25, 0.3) is 0 Å². The van der Waals surface area contributed by atoms with E-state index in [-0.39, 0.29) is 11.7 Å². The van der Waals surface area contributed by atoms with Crippen molar-refractivity contribution in [3.05, 3.63) is 47.7 Å². The SMILES string of the molecule is CN(C)C(=O)c1cc(OCc2ccccc2)no1. The molecular formula is C13H14N2O3. The van der Waals surface area contributed by atoms with E-state index >= 15 is 0 Å². The molecule has 94 valence electrons. The van der Waals surface area contributed by atoms with Gasteiger partial charge in [-0.25, -0.2) is 0 Å².